The van der Waals surface area contributed by atoms with Gasteiger partial charge in [0.15, 0.2) is 0 Å². The van der Waals surface area contributed by atoms with E-state index in [1.54, 1.807) is 42.5 Å². The highest BCUT2D eigenvalue weighted by atomic mass is 32.2. The number of carboxylic acid groups (broad SMARTS) is 1. The summed E-state index contributed by atoms with van der Waals surface area (Å²) in [6, 6.07) is 14.6. The molecule has 0 spiro atoms. The molecule has 0 amide bonds. The molecule has 0 aliphatic carbocycles. The van der Waals surface area contributed by atoms with E-state index in [0.29, 0.717) is 31.9 Å². The lowest BCUT2D eigenvalue weighted by molar-refractivity contribution is 0.0698. The molecular formula is C17H19N3O4S. The van der Waals surface area contributed by atoms with Crippen molar-refractivity contribution in [3.8, 4) is 0 Å². The lowest BCUT2D eigenvalue weighted by atomic mass is 10.1. The van der Waals surface area contributed by atoms with Gasteiger partial charge in [0.25, 0.3) is 0 Å². The van der Waals surface area contributed by atoms with Crippen LogP contribution in [-0.2, 0) is 10.2 Å². The summed E-state index contributed by atoms with van der Waals surface area (Å²) in [5.74, 6) is -1.17. The second-order valence-electron chi connectivity index (χ2n) is 5.58. The molecule has 0 radical (unpaired) electrons. The summed E-state index contributed by atoms with van der Waals surface area (Å²) in [7, 11) is -3.92. The highest BCUT2D eigenvalue weighted by molar-refractivity contribution is 7.90. The number of nitrogens with one attached hydrogen (secondary N) is 1. The van der Waals surface area contributed by atoms with Crippen molar-refractivity contribution in [3.05, 3.63) is 60.2 Å². The predicted octanol–water partition coefficient (Wildman–Crippen LogP) is 1.67. The Kier molecular flexibility index (Phi) is 5.03. The number of benzene rings is 2. The van der Waals surface area contributed by atoms with E-state index in [1.807, 2.05) is 0 Å². The fourth-order valence-electron chi connectivity index (χ4n) is 2.78. The Hall–Kier alpha value is -2.42. The van der Waals surface area contributed by atoms with Gasteiger partial charge < -0.3 is 10.4 Å². The fourth-order valence-corrected chi connectivity index (χ4v) is 4.45. The number of carbonyl (C=O) groups is 1. The molecule has 2 N–H and O–H groups in total. The molecule has 0 atom stereocenters. The smallest absolute Gasteiger partial charge is 0.337 e. The van der Waals surface area contributed by atoms with Gasteiger partial charge in [-0.2, -0.15) is 12.7 Å². The number of aromatic carboxylic acids is 1. The van der Waals surface area contributed by atoms with Crippen molar-refractivity contribution in [1.29, 1.82) is 0 Å². The van der Waals surface area contributed by atoms with E-state index in [1.165, 1.54) is 16.4 Å². The van der Waals surface area contributed by atoms with Crippen molar-refractivity contribution in [2.45, 2.75) is 0 Å². The fraction of sp³-hybridized carbons (Fsp3) is 0.235. The second-order valence-corrected chi connectivity index (χ2v) is 7.36. The molecule has 7 nitrogen and oxygen atoms in total. The van der Waals surface area contributed by atoms with E-state index in [4.69, 9.17) is 0 Å². The maximum absolute atomic E-state index is 13.3. The van der Waals surface area contributed by atoms with Gasteiger partial charge in [0.2, 0.25) is 0 Å². The summed E-state index contributed by atoms with van der Waals surface area (Å²) >= 11 is 0. The number of piperazine rings is 1. The number of anilines is 2. The predicted molar refractivity (Wildman–Crippen MR) is 95.3 cm³/mol. The number of hydrogen-bond donors (Lipinski definition) is 2. The molecule has 0 unspecified atom stereocenters. The van der Waals surface area contributed by atoms with Gasteiger partial charge in [-0.05, 0) is 24.3 Å². The Morgan fingerprint density at radius 3 is 2.24 bits per heavy atom. The summed E-state index contributed by atoms with van der Waals surface area (Å²) in [4.78, 5) is 11.6. The largest absolute Gasteiger partial charge is 0.478 e. The van der Waals surface area contributed by atoms with E-state index < -0.39 is 16.2 Å². The van der Waals surface area contributed by atoms with Gasteiger partial charge in [-0.3, -0.25) is 0 Å². The molecule has 1 aliphatic rings. The van der Waals surface area contributed by atoms with Crippen LogP contribution >= 0.6 is 0 Å². The lowest BCUT2D eigenvalue weighted by Crippen LogP contribution is -2.51. The van der Waals surface area contributed by atoms with Crippen LogP contribution < -0.4 is 9.62 Å². The zero-order chi connectivity index (χ0) is 17.9. The number of rotatable bonds is 5. The molecule has 1 heterocycles. The van der Waals surface area contributed by atoms with Crippen LogP contribution in [0.1, 0.15) is 10.4 Å². The van der Waals surface area contributed by atoms with E-state index >= 15 is 0 Å². The Morgan fingerprint density at radius 1 is 1.00 bits per heavy atom. The molecule has 25 heavy (non-hydrogen) atoms. The quantitative estimate of drug-likeness (QED) is 0.846. The molecule has 0 aromatic heterocycles. The minimum Gasteiger partial charge on any atom is -0.478 e. The highest BCUT2D eigenvalue weighted by Crippen LogP contribution is 2.33. The van der Waals surface area contributed by atoms with Crippen LogP contribution in [-0.4, -0.2) is 50.0 Å². The Morgan fingerprint density at radius 2 is 1.60 bits per heavy atom. The third-order valence-corrected chi connectivity index (χ3v) is 5.86. The maximum Gasteiger partial charge on any atom is 0.337 e. The molecule has 3 rings (SSSR count). The number of carboxylic acids is 1. The number of para-hydroxylation sites is 2. The molecule has 8 heteroatoms. The summed E-state index contributed by atoms with van der Waals surface area (Å²) in [6.45, 7) is 1.78. The Labute approximate surface area is 146 Å². The SMILES string of the molecule is O=C(O)c1ccccc1N(c1ccccc1)S(=O)(=O)N1CCNCC1. The Balaban J connectivity index is 2.16. The van der Waals surface area contributed by atoms with Crippen LogP contribution in [0.2, 0.25) is 0 Å². The van der Waals surface area contributed by atoms with Gasteiger partial charge in [0.05, 0.1) is 16.9 Å². The molecule has 2 aromatic rings. The van der Waals surface area contributed by atoms with Gasteiger partial charge in [0, 0.05) is 26.2 Å². The molecule has 1 aliphatic heterocycles. The van der Waals surface area contributed by atoms with Crippen molar-refractivity contribution < 1.29 is 18.3 Å². The van der Waals surface area contributed by atoms with Crippen molar-refractivity contribution in [2.24, 2.45) is 0 Å². The third kappa shape index (κ3) is 3.51. The zero-order valence-corrected chi connectivity index (χ0v) is 14.3. The molecule has 1 saturated heterocycles. The summed E-state index contributed by atoms with van der Waals surface area (Å²) in [5.41, 5.74) is 0.458. The topological polar surface area (TPSA) is 90.0 Å². The van der Waals surface area contributed by atoms with Crippen LogP contribution in [0.25, 0.3) is 0 Å². The van der Waals surface area contributed by atoms with Crippen LogP contribution in [0.5, 0.6) is 0 Å². The average molecular weight is 361 g/mol. The summed E-state index contributed by atoms with van der Waals surface area (Å²) in [5, 5.41) is 12.6. The van der Waals surface area contributed by atoms with Crippen molar-refractivity contribution in [1.82, 2.24) is 9.62 Å². The maximum atomic E-state index is 13.3. The van der Waals surface area contributed by atoms with Crippen LogP contribution in [0.15, 0.2) is 54.6 Å². The molecule has 0 bridgehead atoms. The zero-order valence-electron chi connectivity index (χ0n) is 13.5. The molecule has 0 saturated carbocycles. The van der Waals surface area contributed by atoms with Crippen LogP contribution in [0.4, 0.5) is 11.4 Å². The number of nitrogens with zero attached hydrogens (tertiary/aromatic N) is 2. The van der Waals surface area contributed by atoms with E-state index in [2.05, 4.69) is 5.32 Å². The van der Waals surface area contributed by atoms with E-state index in [0.717, 1.165) is 4.31 Å². The lowest BCUT2D eigenvalue weighted by Gasteiger charge is -2.34. The average Bonchev–Trinajstić information content (AvgIpc) is 2.63. The van der Waals surface area contributed by atoms with Gasteiger partial charge in [0.1, 0.15) is 0 Å². The monoisotopic (exact) mass is 361 g/mol. The van der Waals surface area contributed by atoms with E-state index in [-0.39, 0.29) is 11.3 Å². The minimum atomic E-state index is -3.92. The summed E-state index contributed by atoms with van der Waals surface area (Å²) < 4.78 is 29.1. The Bertz CT molecular complexity index is 849. The first-order valence-corrected chi connectivity index (χ1v) is 9.30. The van der Waals surface area contributed by atoms with Gasteiger partial charge in [-0.15, -0.1) is 0 Å². The third-order valence-electron chi connectivity index (χ3n) is 3.98. The van der Waals surface area contributed by atoms with Gasteiger partial charge >= 0.3 is 16.2 Å². The first-order chi connectivity index (χ1) is 12.0. The van der Waals surface area contributed by atoms with Crippen molar-refractivity contribution in [2.75, 3.05) is 30.5 Å². The van der Waals surface area contributed by atoms with Crippen LogP contribution in [0, 0.1) is 0 Å². The number of hydrogen-bond acceptors (Lipinski definition) is 4. The van der Waals surface area contributed by atoms with Crippen molar-refractivity contribution >= 4 is 27.6 Å². The van der Waals surface area contributed by atoms with Crippen LogP contribution in [0.3, 0.4) is 0 Å². The highest BCUT2D eigenvalue weighted by Gasteiger charge is 2.34. The molecule has 132 valence electrons. The van der Waals surface area contributed by atoms with Gasteiger partial charge in [-0.25, -0.2) is 9.10 Å². The first-order valence-electron chi connectivity index (χ1n) is 7.90. The van der Waals surface area contributed by atoms with Gasteiger partial charge in [-0.1, -0.05) is 30.3 Å². The molecular weight excluding hydrogens is 342 g/mol. The van der Waals surface area contributed by atoms with Crippen molar-refractivity contribution in [3.63, 3.8) is 0 Å². The molecule has 2 aromatic carbocycles. The minimum absolute atomic E-state index is 0.0648. The normalized spacial score (nSPS) is 15.7. The molecule has 1 fully saturated rings. The van der Waals surface area contributed by atoms with E-state index in [9.17, 15) is 18.3 Å². The standard InChI is InChI=1S/C17H19N3O4S/c21-17(22)15-8-4-5-9-16(15)20(14-6-2-1-3-7-14)25(23,24)19-12-10-18-11-13-19/h1-9,18H,10-13H2,(H,21,22). The summed E-state index contributed by atoms with van der Waals surface area (Å²) in [6.07, 6.45) is 0. The second kappa shape index (κ2) is 7.22. The first kappa shape index (κ1) is 17.4.